The fraction of sp³-hybridized carbons (Fsp3) is 0.286. The van der Waals surface area contributed by atoms with Gasteiger partial charge in [-0.3, -0.25) is 0 Å². The third-order valence-corrected chi connectivity index (χ3v) is 3.52. The molecule has 2 rings (SSSR count). The van der Waals surface area contributed by atoms with Crippen molar-refractivity contribution in [2.75, 3.05) is 26.1 Å². The highest BCUT2D eigenvalue weighted by Crippen LogP contribution is 2.47. The molecule has 2 aromatic rings. The average Bonchev–Trinajstić information content (AvgIpc) is 2.73. The van der Waals surface area contributed by atoms with Crippen LogP contribution in [-0.2, 0) is 6.18 Å². The zero-order valence-electron chi connectivity index (χ0n) is 12.0. The predicted octanol–water partition coefficient (Wildman–Crippen LogP) is 4.51. The minimum Gasteiger partial charge on any atom is -0.503 e. The first-order chi connectivity index (χ1) is 10.1. The van der Waals surface area contributed by atoms with Crippen LogP contribution in [0.2, 0.25) is 0 Å². The molecule has 0 aliphatic heterocycles. The van der Waals surface area contributed by atoms with Gasteiger partial charge in [0.05, 0.1) is 18.2 Å². The Morgan fingerprint density at radius 3 is 2.36 bits per heavy atom. The maximum atomic E-state index is 13.0. The molecule has 0 saturated carbocycles. The molecule has 0 aliphatic rings. The summed E-state index contributed by atoms with van der Waals surface area (Å²) in [4.78, 5) is 1.55. The van der Waals surface area contributed by atoms with Crippen molar-refractivity contribution in [3.8, 4) is 22.6 Å². The van der Waals surface area contributed by atoms with Crippen LogP contribution in [0, 0.1) is 0 Å². The largest absolute Gasteiger partial charge is 0.503 e. The van der Waals surface area contributed by atoms with E-state index in [2.05, 4.69) is 15.9 Å². The first-order valence-electron chi connectivity index (χ1n) is 6.10. The lowest BCUT2D eigenvalue weighted by molar-refractivity contribution is -0.137. The molecule has 0 aliphatic carbocycles. The molecule has 0 saturated heterocycles. The highest BCUT2D eigenvalue weighted by atomic mass is 79.9. The summed E-state index contributed by atoms with van der Waals surface area (Å²) in [6.07, 6.45) is -4.53. The van der Waals surface area contributed by atoms with Gasteiger partial charge in [0.15, 0.2) is 5.75 Å². The quantitative estimate of drug-likeness (QED) is 0.852. The van der Waals surface area contributed by atoms with Crippen LogP contribution >= 0.6 is 15.9 Å². The maximum Gasteiger partial charge on any atom is 0.416 e. The molecule has 8 heteroatoms. The molecule has 4 nitrogen and oxygen atoms in total. The normalized spacial score (nSPS) is 11.6. The van der Waals surface area contributed by atoms with Gasteiger partial charge in [0.1, 0.15) is 5.75 Å². The second-order valence-corrected chi connectivity index (χ2v) is 5.47. The summed E-state index contributed by atoms with van der Waals surface area (Å²) in [5.41, 5.74) is -0.577. The summed E-state index contributed by atoms with van der Waals surface area (Å²) >= 11 is 3.03. The summed E-state index contributed by atoms with van der Waals surface area (Å²) < 4.78 is 49.3. The van der Waals surface area contributed by atoms with Crippen LogP contribution in [0.5, 0.6) is 11.5 Å². The van der Waals surface area contributed by atoms with Gasteiger partial charge in [-0.05, 0) is 39.7 Å². The number of aromatic hydroxyl groups is 1. The van der Waals surface area contributed by atoms with E-state index in [-0.39, 0.29) is 33.2 Å². The topological polar surface area (TPSA) is 45.8 Å². The molecule has 1 heterocycles. The lowest BCUT2D eigenvalue weighted by Gasteiger charge is -2.14. The van der Waals surface area contributed by atoms with E-state index in [1.54, 1.807) is 19.0 Å². The Morgan fingerprint density at radius 2 is 1.86 bits per heavy atom. The van der Waals surface area contributed by atoms with Crippen LogP contribution < -0.4 is 9.64 Å². The van der Waals surface area contributed by atoms with Crippen molar-refractivity contribution in [2.45, 2.75) is 6.18 Å². The molecule has 120 valence electrons. The van der Waals surface area contributed by atoms with Gasteiger partial charge in [-0.15, -0.1) is 0 Å². The van der Waals surface area contributed by atoms with Crippen LogP contribution in [0.25, 0.3) is 11.1 Å². The third-order valence-electron chi connectivity index (χ3n) is 2.99. The minimum absolute atomic E-state index is 0.0336. The van der Waals surface area contributed by atoms with Crippen LogP contribution in [0.4, 0.5) is 19.1 Å². The van der Waals surface area contributed by atoms with Gasteiger partial charge in [-0.2, -0.15) is 13.2 Å². The van der Waals surface area contributed by atoms with Gasteiger partial charge in [0.2, 0.25) is 10.6 Å². The number of ether oxygens (including phenoxy) is 1. The number of halogens is 4. The summed E-state index contributed by atoms with van der Waals surface area (Å²) in [6, 6.07) is 3.23. The number of nitrogens with zero attached hydrogens (tertiary/aromatic N) is 1. The van der Waals surface area contributed by atoms with E-state index in [1.165, 1.54) is 13.2 Å². The van der Waals surface area contributed by atoms with Crippen LogP contribution in [0.3, 0.4) is 0 Å². The second-order valence-electron chi connectivity index (χ2n) is 4.75. The Hall–Kier alpha value is -1.83. The highest BCUT2D eigenvalue weighted by Gasteiger charge is 2.32. The molecule has 0 atom stereocenters. The van der Waals surface area contributed by atoms with Crippen LogP contribution in [-0.4, -0.2) is 26.3 Å². The smallest absolute Gasteiger partial charge is 0.416 e. The Balaban J connectivity index is 2.72. The van der Waals surface area contributed by atoms with E-state index in [9.17, 15) is 18.3 Å². The first kappa shape index (κ1) is 16.5. The number of furan rings is 1. The van der Waals surface area contributed by atoms with E-state index in [1.807, 2.05) is 0 Å². The summed E-state index contributed by atoms with van der Waals surface area (Å²) in [5.74, 6) is -0.0120. The molecule has 0 bridgehead atoms. The van der Waals surface area contributed by atoms with Crippen molar-refractivity contribution in [1.29, 1.82) is 0 Å². The van der Waals surface area contributed by atoms with Crippen molar-refractivity contribution in [2.24, 2.45) is 0 Å². The Kier molecular flexibility index (Phi) is 4.32. The van der Waals surface area contributed by atoms with Gasteiger partial charge in [-0.25, -0.2) is 0 Å². The van der Waals surface area contributed by atoms with Gasteiger partial charge >= 0.3 is 6.18 Å². The molecule has 0 spiro atoms. The van der Waals surface area contributed by atoms with Crippen molar-refractivity contribution >= 4 is 21.8 Å². The molecule has 0 radical (unpaired) electrons. The SMILES string of the molecule is COc1cc(-c2c(N(C)C)oc(Br)c2O)cc(C(F)(F)F)c1. The monoisotopic (exact) mass is 379 g/mol. The van der Waals surface area contributed by atoms with Crippen LogP contribution in [0.15, 0.2) is 27.3 Å². The zero-order valence-corrected chi connectivity index (χ0v) is 13.5. The molecular formula is C14H13BrF3NO3. The summed E-state index contributed by atoms with van der Waals surface area (Å²) in [5, 5.41) is 10.1. The third kappa shape index (κ3) is 3.01. The van der Waals surface area contributed by atoms with Crippen molar-refractivity contribution < 1.29 is 27.4 Å². The molecule has 1 N–H and O–H groups in total. The first-order valence-corrected chi connectivity index (χ1v) is 6.89. The minimum atomic E-state index is -4.53. The number of anilines is 1. The highest BCUT2D eigenvalue weighted by molar-refractivity contribution is 9.10. The zero-order chi connectivity index (χ0) is 16.7. The number of hydrogen-bond donors (Lipinski definition) is 1. The lowest BCUT2D eigenvalue weighted by Crippen LogP contribution is -2.09. The second kappa shape index (κ2) is 5.75. The molecule has 1 aromatic heterocycles. The van der Waals surface area contributed by atoms with Crippen molar-refractivity contribution in [3.05, 3.63) is 28.4 Å². The predicted molar refractivity (Wildman–Crippen MR) is 79.4 cm³/mol. The average molecular weight is 380 g/mol. The number of benzene rings is 1. The van der Waals surface area contributed by atoms with Gasteiger partial charge < -0.3 is 19.2 Å². The van der Waals surface area contributed by atoms with Crippen molar-refractivity contribution in [1.82, 2.24) is 0 Å². The Labute approximate surface area is 133 Å². The van der Waals surface area contributed by atoms with Gasteiger partial charge in [0, 0.05) is 14.1 Å². The molecule has 0 fully saturated rings. The fourth-order valence-corrected chi connectivity index (χ4v) is 2.34. The van der Waals surface area contributed by atoms with Gasteiger partial charge in [-0.1, -0.05) is 0 Å². The van der Waals surface area contributed by atoms with E-state index >= 15 is 0 Å². The van der Waals surface area contributed by atoms with Crippen molar-refractivity contribution in [3.63, 3.8) is 0 Å². The standard InChI is InChI=1S/C14H13BrF3NO3/c1-19(2)13-10(11(20)12(15)22-13)7-4-8(14(16,17)18)6-9(5-7)21-3/h4-6,20H,1-3H3. The molecular weight excluding hydrogens is 367 g/mol. The van der Waals surface area contributed by atoms with Crippen LogP contribution in [0.1, 0.15) is 5.56 Å². The molecule has 0 unspecified atom stereocenters. The molecule has 22 heavy (non-hydrogen) atoms. The lowest BCUT2D eigenvalue weighted by atomic mass is 10.0. The Morgan fingerprint density at radius 1 is 1.23 bits per heavy atom. The Bertz CT molecular complexity index is 695. The van der Waals surface area contributed by atoms with E-state index in [0.29, 0.717) is 0 Å². The van der Waals surface area contributed by atoms with Gasteiger partial charge in [0.25, 0.3) is 0 Å². The van der Waals surface area contributed by atoms with E-state index < -0.39 is 11.7 Å². The number of hydrogen-bond acceptors (Lipinski definition) is 4. The number of rotatable bonds is 3. The van der Waals surface area contributed by atoms with E-state index in [0.717, 1.165) is 12.1 Å². The molecule has 1 aromatic carbocycles. The number of methoxy groups -OCH3 is 1. The maximum absolute atomic E-state index is 13.0. The fourth-order valence-electron chi connectivity index (χ4n) is 1.98. The molecule has 0 amide bonds. The summed E-state index contributed by atoms with van der Waals surface area (Å²) in [6.45, 7) is 0. The summed E-state index contributed by atoms with van der Waals surface area (Å²) in [7, 11) is 4.58. The number of alkyl halides is 3. The van der Waals surface area contributed by atoms with E-state index in [4.69, 9.17) is 9.15 Å².